The van der Waals surface area contributed by atoms with Gasteiger partial charge in [-0.2, -0.15) is 13.2 Å². The Balaban J connectivity index is 2.81. The van der Waals surface area contributed by atoms with Crippen molar-refractivity contribution in [3.05, 3.63) is 33.3 Å². The lowest BCUT2D eigenvalue weighted by molar-refractivity contribution is -0.154. The van der Waals surface area contributed by atoms with Gasteiger partial charge in [-0.15, -0.1) is 0 Å². The zero-order valence-electron chi connectivity index (χ0n) is 9.55. The summed E-state index contributed by atoms with van der Waals surface area (Å²) in [5.41, 5.74) is 0.543. The molecular formula is C11H10BrClF3NO2. The quantitative estimate of drug-likeness (QED) is 0.873. The van der Waals surface area contributed by atoms with Gasteiger partial charge in [-0.1, -0.05) is 17.7 Å². The van der Waals surface area contributed by atoms with E-state index in [-0.39, 0.29) is 6.54 Å². The number of rotatable bonds is 5. The average Bonchev–Trinajstić information content (AvgIpc) is 2.20. The van der Waals surface area contributed by atoms with Crippen LogP contribution in [0, 0.1) is 0 Å². The van der Waals surface area contributed by atoms with E-state index in [1.54, 1.807) is 12.1 Å². The molecule has 0 aliphatic rings. The Labute approximate surface area is 121 Å². The first-order valence-electron chi connectivity index (χ1n) is 5.12. The third-order valence-corrected chi connectivity index (χ3v) is 3.37. The number of hydrogen-bond acceptors (Lipinski definition) is 2. The Bertz CT molecular complexity index is 468. The van der Waals surface area contributed by atoms with E-state index < -0.39 is 25.2 Å². The van der Waals surface area contributed by atoms with E-state index in [4.69, 9.17) is 16.7 Å². The SMILES string of the molecule is O=C(O)CN(Cc1ccc(Cl)c(Br)c1)CC(F)(F)F. The van der Waals surface area contributed by atoms with Gasteiger partial charge in [-0.25, -0.2) is 0 Å². The second kappa shape index (κ2) is 6.58. The minimum absolute atomic E-state index is 0.123. The van der Waals surface area contributed by atoms with E-state index in [9.17, 15) is 18.0 Å². The van der Waals surface area contributed by atoms with Crippen LogP contribution in [-0.4, -0.2) is 35.2 Å². The lowest BCUT2D eigenvalue weighted by Crippen LogP contribution is -2.37. The number of aliphatic carboxylic acids is 1. The zero-order chi connectivity index (χ0) is 14.6. The van der Waals surface area contributed by atoms with Gasteiger partial charge in [0.05, 0.1) is 18.1 Å². The number of alkyl halides is 3. The molecule has 0 aliphatic heterocycles. The number of carbonyl (C=O) groups is 1. The second-order valence-electron chi connectivity index (χ2n) is 3.90. The van der Waals surface area contributed by atoms with E-state index in [2.05, 4.69) is 15.9 Å². The van der Waals surface area contributed by atoms with Crippen LogP contribution in [0.5, 0.6) is 0 Å². The molecule has 0 radical (unpaired) electrons. The molecule has 0 saturated heterocycles. The molecule has 0 amide bonds. The van der Waals surface area contributed by atoms with Crippen LogP contribution < -0.4 is 0 Å². The summed E-state index contributed by atoms with van der Waals surface area (Å²) in [4.78, 5) is 11.4. The summed E-state index contributed by atoms with van der Waals surface area (Å²) in [6.45, 7) is -2.08. The second-order valence-corrected chi connectivity index (χ2v) is 5.16. The Kier molecular flexibility index (Phi) is 5.64. The summed E-state index contributed by atoms with van der Waals surface area (Å²) in [6, 6.07) is 4.65. The van der Waals surface area contributed by atoms with E-state index in [0.29, 0.717) is 15.1 Å². The van der Waals surface area contributed by atoms with Crippen molar-refractivity contribution in [2.24, 2.45) is 0 Å². The largest absolute Gasteiger partial charge is 0.480 e. The molecular weight excluding hydrogens is 350 g/mol. The van der Waals surface area contributed by atoms with Crippen molar-refractivity contribution in [2.45, 2.75) is 12.7 Å². The van der Waals surface area contributed by atoms with Crippen LogP contribution in [-0.2, 0) is 11.3 Å². The summed E-state index contributed by atoms with van der Waals surface area (Å²) >= 11 is 8.93. The van der Waals surface area contributed by atoms with E-state index in [0.717, 1.165) is 4.90 Å². The van der Waals surface area contributed by atoms with Crippen molar-refractivity contribution in [2.75, 3.05) is 13.1 Å². The number of halogens is 5. The van der Waals surface area contributed by atoms with Gasteiger partial charge < -0.3 is 5.11 Å². The molecule has 0 aliphatic carbocycles. The Morgan fingerprint density at radius 2 is 2.05 bits per heavy atom. The van der Waals surface area contributed by atoms with Crippen LogP contribution in [0.2, 0.25) is 5.02 Å². The number of carboxylic acids is 1. The van der Waals surface area contributed by atoms with Crippen LogP contribution in [0.4, 0.5) is 13.2 Å². The predicted octanol–water partition coefficient (Wildman–Crippen LogP) is 3.55. The summed E-state index contributed by atoms with van der Waals surface area (Å²) in [7, 11) is 0. The van der Waals surface area contributed by atoms with Crippen molar-refractivity contribution >= 4 is 33.5 Å². The molecule has 0 spiro atoms. The van der Waals surface area contributed by atoms with Crippen LogP contribution >= 0.6 is 27.5 Å². The third kappa shape index (κ3) is 6.26. The van der Waals surface area contributed by atoms with E-state index >= 15 is 0 Å². The highest BCUT2D eigenvalue weighted by Crippen LogP contribution is 2.24. The first-order valence-corrected chi connectivity index (χ1v) is 6.29. The summed E-state index contributed by atoms with van der Waals surface area (Å²) in [5, 5.41) is 9.05. The third-order valence-electron chi connectivity index (χ3n) is 2.15. The van der Waals surface area contributed by atoms with Gasteiger partial charge in [-0.3, -0.25) is 9.69 Å². The molecule has 0 saturated carbocycles. The fourth-order valence-electron chi connectivity index (χ4n) is 1.51. The fourth-order valence-corrected chi connectivity index (χ4v) is 2.05. The van der Waals surface area contributed by atoms with Crippen molar-refractivity contribution in [3.63, 3.8) is 0 Å². The number of carboxylic acid groups (broad SMARTS) is 1. The van der Waals surface area contributed by atoms with Crippen LogP contribution in [0.1, 0.15) is 5.56 Å². The van der Waals surface area contributed by atoms with Gasteiger partial charge in [0.1, 0.15) is 0 Å². The molecule has 0 atom stereocenters. The lowest BCUT2D eigenvalue weighted by Gasteiger charge is -2.21. The topological polar surface area (TPSA) is 40.5 Å². The molecule has 1 aromatic carbocycles. The van der Waals surface area contributed by atoms with Crippen molar-refractivity contribution in [1.82, 2.24) is 4.90 Å². The first kappa shape index (κ1) is 16.3. The number of hydrogen-bond donors (Lipinski definition) is 1. The van der Waals surface area contributed by atoms with Gasteiger partial charge in [0.2, 0.25) is 0 Å². The molecule has 0 unspecified atom stereocenters. The molecule has 1 rings (SSSR count). The van der Waals surface area contributed by atoms with Crippen LogP contribution in [0.25, 0.3) is 0 Å². The van der Waals surface area contributed by atoms with Crippen LogP contribution in [0.3, 0.4) is 0 Å². The summed E-state index contributed by atoms with van der Waals surface area (Å²) in [6.07, 6.45) is -4.45. The number of nitrogens with zero attached hydrogens (tertiary/aromatic N) is 1. The molecule has 0 heterocycles. The summed E-state index contributed by atoms with van der Waals surface area (Å²) in [5.74, 6) is -1.31. The van der Waals surface area contributed by atoms with E-state index in [1.807, 2.05) is 0 Å². The van der Waals surface area contributed by atoms with Crippen molar-refractivity contribution < 1.29 is 23.1 Å². The minimum atomic E-state index is -4.45. The van der Waals surface area contributed by atoms with Gasteiger partial charge in [0.15, 0.2) is 0 Å². The number of benzene rings is 1. The molecule has 3 nitrogen and oxygen atoms in total. The Hall–Kier alpha value is -0.790. The summed E-state index contributed by atoms with van der Waals surface area (Å²) < 4.78 is 37.6. The van der Waals surface area contributed by atoms with Crippen molar-refractivity contribution in [1.29, 1.82) is 0 Å². The molecule has 1 N–H and O–H groups in total. The maximum absolute atomic E-state index is 12.3. The molecule has 0 aromatic heterocycles. The van der Waals surface area contributed by atoms with Gasteiger partial charge in [-0.05, 0) is 33.6 Å². The molecule has 0 fully saturated rings. The smallest absolute Gasteiger partial charge is 0.401 e. The Morgan fingerprint density at radius 1 is 1.42 bits per heavy atom. The highest BCUT2D eigenvalue weighted by atomic mass is 79.9. The van der Waals surface area contributed by atoms with Crippen molar-refractivity contribution in [3.8, 4) is 0 Å². The van der Waals surface area contributed by atoms with Gasteiger partial charge in [0, 0.05) is 11.0 Å². The Morgan fingerprint density at radius 3 is 2.53 bits per heavy atom. The minimum Gasteiger partial charge on any atom is -0.480 e. The van der Waals surface area contributed by atoms with Crippen LogP contribution in [0.15, 0.2) is 22.7 Å². The van der Waals surface area contributed by atoms with E-state index in [1.165, 1.54) is 6.07 Å². The standard InChI is InChI=1S/C11H10BrClF3NO2/c12-8-3-7(1-2-9(8)13)4-17(5-10(18)19)6-11(14,15)16/h1-3H,4-6H2,(H,18,19). The monoisotopic (exact) mass is 359 g/mol. The normalized spacial score (nSPS) is 11.9. The highest BCUT2D eigenvalue weighted by Gasteiger charge is 2.31. The van der Waals surface area contributed by atoms with Gasteiger partial charge >= 0.3 is 12.1 Å². The molecule has 1 aromatic rings. The maximum atomic E-state index is 12.3. The fraction of sp³-hybridized carbons (Fsp3) is 0.364. The molecule has 0 bridgehead atoms. The lowest BCUT2D eigenvalue weighted by atomic mass is 10.2. The molecule has 19 heavy (non-hydrogen) atoms. The highest BCUT2D eigenvalue weighted by molar-refractivity contribution is 9.10. The zero-order valence-corrected chi connectivity index (χ0v) is 11.9. The molecule has 8 heteroatoms. The first-order chi connectivity index (χ1) is 8.67. The maximum Gasteiger partial charge on any atom is 0.401 e. The average molecular weight is 361 g/mol. The predicted molar refractivity (Wildman–Crippen MR) is 68.1 cm³/mol. The molecule has 106 valence electrons. The van der Waals surface area contributed by atoms with Gasteiger partial charge in [0.25, 0.3) is 0 Å².